The SMILES string of the molecule is CCN(CC)S(=O)(=O)c1cc2[nH]c(=O)c(=O)[nH]c2cc1[N+](=O)[O-]. The molecular formula is C12H14N4O6S. The maximum atomic E-state index is 12.6. The van der Waals surface area contributed by atoms with Crippen LogP contribution in [0.25, 0.3) is 11.0 Å². The molecule has 0 bridgehead atoms. The third-order valence-corrected chi connectivity index (χ3v) is 5.40. The summed E-state index contributed by atoms with van der Waals surface area (Å²) in [6, 6.07) is 1.90. The normalized spacial score (nSPS) is 12.0. The smallest absolute Gasteiger partial charge is 0.314 e. The fourth-order valence-electron chi connectivity index (χ4n) is 2.19. The van der Waals surface area contributed by atoms with Crippen molar-refractivity contribution in [1.82, 2.24) is 14.3 Å². The van der Waals surface area contributed by atoms with Gasteiger partial charge in [-0.05, 0) is 6.07 Å². The number of hydrogen-bond donors (Lipinski definition) is 2. The fourth-order valence-corrected chi connectivity index (χ4v) is 3.81. The number of nitrogens with zero attached hydrogens (tertiary/aromatic N) is 2. The van der Waals surface area contributed by atoms with E-state index in [0.29, 0.717) is 0 Å². The van der Waals surface area contributed by atoms with Crippen LogP contribution in [0.5, 0.6) is 0 Å². The predicted octanol–water partition coefficient (Wildman–Crippen LogP) is 0.155. The molecule has 0 fully saturated rings. The van der Waals surface area contributed by atoms with E-state index in [2.05, 4.69) is 9.97 Å². The van der Waals surface area contributed by atoms with E-state index in [1.807, 2.05) is 0 Å². The molecule has 0 atom stereocenters. The molecule has 2 N–H and O–H groups in total. The zero-order chi connectivity index (χ0) is 17.4. The minimum atomic E-state index is -4.11. The van der Waals surface area contributed by atoms with Crippen LogP contribution in [0.1, 0.15) is 13.8 Å². The minimum absolute atomic E-state index is 0.00840. The largest absolute Gasteiger partial charge is 0.316 e. The number of rotatable bonds is 5. The standard InChI is InChI=1S/C12H14N4O6S/c1-3-15(4-2)23(21,22)10-6-8-7(5-9(10)16(19)20)13-11(17)12(18)14-8/h5-6H,3-4H2,1-2H3,(H,13,17)(H,14,18). The molecule has 0 amide bonds. The predicted molar refractivity (Wildman–Crippen MR) is 82.0 cm³/mol. The van der Waals surface area contributed by atoms with Crippen LogP contribution in [0.3, 0.4) is 0 Å². The summed E-state index contributed by atoms with van der Waals surface area (Å²) in [7, 11) is -4.11. The van der Waals surface area contributed by atoms with Crippen LogP contribution in [0.15, 0.2) is 26.6 Å². The molecular weight excluding hydrogens is 328 g/mol. The van der Waals surface area contributed by atoms with Crippen molar-refractivity contribution in [2.24, 2.45) is 0 Å². The number of fused-ring (bicyclic) bond motifs is 1. The summed E-state index contributed by atoms with van der Waals surface area (Å²) in [4.78, 5) is 36.9. The highest BCUT2D eigenvalue weighted by molar-refractivity contribution is 7.89. The van der Waals surface area contributed by atoms with Crippen LogP contribution in [0.4, 0.5) is 5.69 Å². The van der Waals surface area contributed by atoms with E-state index < -0.39 is 36.6 Å². The molecule has 11 heteroatoms. The Kier molecular flexibility index (Phi) is 4.34. The molecule has 23 heavy (non-hydrogen) atoms. The second-order valence-electron chi connectivity index (χ2n) is 4.62. The zero-order valence-corrected chi connectivity index (χ0v) is 13.1. The third kappa shape index (κ3) is 2.87. The Morgan fingerprint density at radius 1 is 1.09 bits per heavy atom. The Bertz CT molecular complexity index is 987. The second-order valence-corrected chi connectivity index (χ2v) is 6.53. The molecule has 124 valence electrons. The highest BCUT2D eigenvalue weighted by atomic mass is 32.2. The van der Waals surface area contributed by atoms with Gasteiger partial charge in [0.25, 0.3) is 5.69 Å². The number of aromatic nitrogens is 2. The molecule has 1 heterocycles. The summed E-state index contributed by atoms with van der Waals surface area (Å²) in [6.45, 7) is 3.48. The molecule has 0 spiro atoms. The number of nitro benzene ring substituents is 1. The molecule has 2 rings (SSSR count). The van der Waals surface area contributed by atoms with Crippen molar-refractivity contribution in [3.63, 3.8) is 0 Å². The van der Waals surface area contributed by atoms with Gasteiger partial charge in [-0.3, -0.25) is 19.7 Å². The van der Waals surface area contributed by atoms with Crippen LogP contribution >= 0.6 is 0 Å². The average Bonchev–Trinajstić information content (AvgIpc) is 2.48. The Hall–Kier alpha value is -2.53. The zero-order valence-electron chi connectivity index (χ0n) is 12.3. The minimum Gasteiger partial charge on any atom is -0.316 e. The molecule has 0 unspecified atom stereocenters. The lowest BCUT2D eigenvalue weighted by Crippen LogP contribution is -2.32. The molecule has 10 nitrogen and oxygen atoms in total. The average molecular weight is 342 g/mol. The lowest BCUT2D eigenvalue weighted by molar-refractivity contribution is -0.387. The van der Waals surface area contributed by atoms with E-state index in [-0.39, 0.29) is 24.1 Å². The second kappa shape index (κ2) is 5.93. The molecule has 0 radical (unpaired) electrons. The van der Waals surface area contributed by atoms with Gasteiger partial charge in [0.05, 0.1) is 16.0 Å². The van der Waals surface area contributed by atoms with Gasteiger partial charge in [0.1, 0.15) is 0 Å². The quantitative estimate of drug-likeness (QED) is 0.449. The number of aromatic amines is 2. The fraction of sp³-hybridized carbons (Fsp3) is 0.333. The van der Waals surface area contributed by atoms with E-state index >= 15 is 0 Å². The van der Waals surface area contributed by atoms with E-state index in [4.69, 9.17) is 0 Å². The van der Waals surface area contributed by atoms with Gasteiger partial charge in [0.2, 0.25) is 10.0 Å². The summed E-state index contributed by atoms with van der Waals surface area (Å²) in [5.41, 5.74) is -2.67. The van der Waals surface area contributed by atoms with E-state index in [1.165, 1.54) is 0 Å². The van der Waals surface area contributed by atoms with Gasteiger partial charge in [0.15, 0.2) is 4.90 Å². The Morgan fingerprint density at radius 2 is 1.57 bits per heavy atom. The number of nitrogens with one attached hydrogen (secondary N) is 2. The first-order valence-corrected chi connectivity index (χ1v) is 8.11. The molecule has 0 aliphatic heterocycles. The summed E-state index contributed by atoms with van der Waals surface area (Å²) < 4.78 is 26.2. The van der Waals surface area contributed by atoms with Crippen LogP contribution in [0, 0.1) is 10.1 Å². The van der Waals surface area contributed by atoms with E-state index in [1.54, 1.807) is 13.8 Å². The van der Waals surface area contributed by atoms with Gasteiger partial charge in [-0.15, -0.1) is 0 Å². The first kappa shape index (κ1) is 16.8. The first-order valence-electron chi connectivity index (χ1n) is 6.67. The number of benzene rings is 1. The lowest BCUT2D eigenvalue weighted by Gasteiger charge is -2.18. The molecule has 0 aliphatic carbocycles. The topological polar surface area (TPSA) is 146 Å². The van der Waals surface area contributed by atoms with Gasteiger partial charge in [-0.2, -0.15) is 4.31 Å². The molecule has 0 saturated carbocycles. The number of sulfonamides is 1. The Balaban J connectivity index is 2.89. The van der Waals surface area contributed by atoms with Crippen LogP contribution in [-0.4, -0.2) is 40.7 Å². The van der Waals surface area contributed by atoms with Crippen molar-refractivity contribution in [3.05, 3.63) is 43.0 Å². The van der Waals surface area contributed by atoms with Crippen molar-refractivity contribution in [2.75, 3.05) is 13.1 Å². The maximum absolute atomic E-state index is 12.6. The number of hydrogen-bond acceptors (Lipinski definition) is 6. The first-order chi connectivity index (χ1) is 10.7. The molecule has 0 aliphatic rings. The van der Waals surface area contributed by atoms with Crippen molar-refractivity contribution in [2.45, 2.75) is 18.7 Å². The highest BCUT2D eigenvalue weighted by Crippen LogP contribution is 2.29. The van der Waals surface area contributed by atoms with E-state index in [9.17, 15) is 28.1 Å². The van der Waals surface area contributed by atoms with Crippen LogP contribution in [-0.2, 0) is 10.0 Å². The van der Waals surface area contributed by atoms with Gasteiger partial charge in [-0.1, -0.05) is 13.8 Å². The summed E-state index contributed by atoms with van der Waals surface area (Å²) in [6.07, 6.45) is 0. The van der Waals surface area contributed by atoms with E-state index in [0.717, 1.165) is 16.4 Å². The van der Waals surface area contributed by atoms with Crippen molar-refractivity contribution in [3.8, 4) is 0 Å². The van der Waals surface area contributed by atoms with Gasteiger partial charge >= 0.3 is 11.1 Å². The summed E-state index contributed by atoms with van der Waals surface area (Å²) >= 11 is 0. The number of nitro groups is 1. The number of H-pyrrole nitrogens is 2. The van der Waals surface area contributed by atoms with Crippen LogP contribution < -0.4 is 11.1 Å². The summed E-state index contributed by atoms with van der Waals surface area (Å²) in [5, 5.41) is 11.2. The third-order valence-electron chi connectivity index (χ3n) is 3.32. The molecule has 1 aromatic heterocycles. The van der Waals surface area contributed by atoms with Gasteiger partial charge in [-0.25, -0.2) is 8.42 Å². The van der Waals surface area contributed by atoms with Crippen molar-refractivity contribution >= 4 is 26.7 Å². The molecule has 2 aromatic rings. The molecule has 1 aromatic carbocycles. The monoisotopic (exact) mass is 342 g/mol. The van der Waals surface area contributed by atoms with Crippen molar-refractivity contribution < 1.29 is 13.3 Å². The lowest BCUT2D eigenvalue weighted by atomic mass is 10.2. The van der Waals surface area contributed by atoms with Gasteiger partial charge in [0, 0.05) is 19.2 Å². The highest BCUT2D eigenvalue weighted by Gasteiger charge is 2.31. The van der Waals surface area contributed by atoms with Gasteiger partial charge < -0.3 is 9.97 Å². The maximum Gasteiger partial charge on any atom is 0.314 e. The van der Waals surface area contributed by atoms with Crippen LogP contribution in [0.2, 0.25) is 0 Å². The summed E-state index contributed by atoms with van der Waals surface area (Å²) in [5.74, 6) is 0. The Labute approximate surface area is 130 Å². The Morgan fingerprint density at radius 3 is 2.00 bits per heavy atom. The molecule has 0 saturated heterocycles. The van der Waals surface area contributed by atoms with Crippen molar-refractivity contribution in [1.29, 1.82) is 0 Å².